The summed E-state index contributed by atoms with van der Waals surface area (Å²) >= 11 is 2.71. The fourth-order valence-corrected chi connectivity index (χ4v) is 4.96. The smallest absolute Gasteiger partial charge is 0.231 e. The first-order chi connectivity index (χ1) is 13.5. The maximum Gasteiger partial charge on any atom is 0.231 e. The average molecular weight is 420 g/mol. The zero-order chi connectivity index (χ0) is 19.7. The summed E-state index contributed by atoms with van der Waals surface area (Å²) in [6, 6.07) is 4.56. The molecule has 1 aromatic carbocycles. The molecule has 7 nitrogen and oxygen atoms in total. The van der Waals surface area contributed by atoms with Crippen LogP contribution < -0.4 is 16.0 Å². The Morgan fingerprint density at radius 2 is 2.21 bits per heavy atom. The molecule has 0 radical (unpaired) electrons. The predicted octanol–water partition coefficient (Wildman–Crippen LogP) is 2.77. The summed E-state index contributed by atoms with van der Waals surface area (Å²) in [6.07, 6.45) is 1.70. The number of nitrogens with zero attached hydrogens (tertiary/aromatic N) is 3. The second-order valence-corrected chi connectivity index (χ2v) is 8.54. The quantitative estimate of drug-likeness (QED) is 0.662. The molecule has 2 amide bonds. The molecule has 28 heavy (non-hydrogen) atoms. The zero-order valence-electron chi connectivity index (χ0n) is 14.9. The van der Waals surface area contributed by atoms with Crippen molar-refractivity contribution in [2.75, 3.05) is 23.3 Å². The molecule has 3 N–H and O–H groups in total. The van der Waals surface area contributed by atoms with Crippen molar-refractivity contribution in [1.82, 2.24) is 9.97 Å². The Balaban J connectivity index is 1.43. The van der Waals surface area contributed by atoms with Crippen LogP contribution in [0.5, 0.6) is 0 Å². The second-order valence-electron chi connectivity index (χ2n) is 6.67. The summed E-state index contributed by atoms with van der Waals surface area (Å²) in [5.74, 6) is -1.03. The van der Waals surface area contributed by atoms with Crippen LogP contribution in [0.25, 0.3) is 10.2 Å². The van der Waals surface area contributed by atoms with Gasteiger partial charge in [0.1, 0.15) is 5.82 Å². The molecule has 10 heteroatoms. The number of benzene rings is 1. The number of thiazole rings is 2. The number of amides is 2. The molecule has 1 aliphatic heterocycles. The molecule has 1 fully saturated rings. The van der Waals surface area contributed by atoms with Gasteiger partial charge in [-0.15, -0.1) is 11.3 Å². The lowest BCUT2D eigenvalue weighted by atomic mass is 9.97. The van der Waals surface area contributed by atoms with Crippen molar-refractivity contribution in [3.8, 4) is 0 Å². The zero-order valence-corrected chi connectivity index (χ0v) is 16.5. The van der Waals surface area contributed by atoms with Crippen LogP contribution in [-0.2, 0) is 16.0 Å². The topological polar surface area (TPSA) is 101 Å². The summed E-state index contributed by atoms with van der Waals surface area (Å²) < 4.78 is 14.2. The molecule has 1 unspecified atom stereocenters. The predicted molar refractivity (Wildman–Crippen MR) is 108 cm³/mol. The number of aromatic nitrogens is 2. The minimum absolute atomic E-state index is 0.0573. The van der Waals surface area contributed by atoms with Crippen molar-refractivity contribution >= 4 is 55.0 Å². The first kappa shape index (κ1) is 18.8. The van der Waals surface area contributed by atoms with E-state index in [0.717, 1.165) is 34.7 Å². The summed E-state index contributed by atoms with van der Waals surface area (Å²) in [5, 5.41) is 5.82. The van der Waals surface area contributed by atoms with Gasteiger partial charge in [-0.25, -0.2) is 14.4 Å². The minimum atomic E-state index is -0.457. The SMILES string of the molecule is NC(=O)Cc1csc(NC(=O)C2CCCN(c3nc4ccc(F)cc4s3)C2)n1. The van der Waals surface area contributed by atoms with Gasteiger partial charge in [0.05, 0.1) is 28.2 Å². The van der Waals surface area contributed by atoms with Crippen LogP contribution in [0, 0.1) is 11.7 Å². The van der Waals surface area contributed by atoms with Crippen molar-refractivity contribution < 1.29 is 14.0 Å². The van der Waals surface area contributed by atoms with Gasteiger partial charge in [-0.1, -0.05) is 11.3 Å². The number of halogens is 1. The Bertz CT molecular complexity index is 1030. The van der Waals surface area contributed by atoms with Crippen LogP contribution in [0.1, 0.15) is 18.5 Å². The van der Waals surface area contributed by atoms with Crippen LogP contribution in [0.4, 0.5) is 14.7 Å². The average Bonchev–Trinajstić information content (AvgIpc) is 3.27. The molecule has 0 aliphatic carbocycles. The van der Waals surface area contributed by atoms with E-state index in [1.54, 1.807) is 11.4 Å². The summed E-state index contributed by atoms with van der Waals surface area (Å²) in [7, 11) is 0. The lowest BCUT2D eigenvalue weighted by Crippen LogP contribution is -2.40. The van der Waals surface area contributed by atoms with E-state index in [0.29, 0.717) is 17.4 Å². The van der Waals surface area contributed by atoms with Crippen LogP contribution in [0.3, 0.4) is 0 Å². The Kier molecular flexibility index (Phi) is 5.23. The second kappa shape index (κ2) is 7.80. The first-order valence-corrected chi connectivity index (χ1v) is 10.5. The monoisotopic (exact) mass is 419 g/mol. The minimum Gasteiger partial charge on any atom is -0.369 e. The highest BCUT2D eigenvalue weighted by molar-refractivity contribution is 7.22. The highest BCUT2D eigenvalue weighted by Crippen LogP contribution is 2.32. The van der Waals surface area contributed by atoms with E-state index in [-0.39, 0.29) is 24.1 Å². The summed E-state index contributed by atoms with van der Waals surface area (Å²) in [4.78, 5) is 34.5. The maximum absolute atomic E-state index is 13.4. The molecule has 0 saturated carbocycles. The van der Waals surface area contributed by atoms with Gasteiger partial charge < -0.3 is 16.0 Å². The number of rotatable bonds is 5. The van der Waals surface area contributed by atoms with Crippen molar-refractivity contribution in [1.29, 1.82) is 0 Å². The van der Waals surface area contributed by atoms with E-state index < -0.39 is 5.91 Å². The van der Waals surface area contributed by atoms with Crippen molar-refractivity contribution in [2.45, 2.75) is 19.3 Å². The summed E-state index contributed by atoms with van der Waals surface area (Å²) in [6.45, 7) is 1.36. The number of nitrogens with two attached hydrogens (primary N) is 1. The lowest BCUT2D eigenvalue weighted by Gasteiger charge is -2.31. The lowest BCUT2D eigenvalue weighted by molar-refractivity contribution is -0.120. The Hall–Kier alpha value is -2.59. The third kappa shape index (κ3) is 4.12. The highest BCUT2D eigenvalue weighted by atomic mass is 32.1. The van der Waals surface area contributed by atoms with E-state index in [1.165, 1.54) is 34.8 Å². The van der Waals surface area contributed by atoms with Crippen molar-refractivity contribution in [2.24, 2.45) is 11.7 Å². The van der Waals surface area contributed by atoms with Gasteiger partial charge in [-0.3, -0.25) is 9.59 Å². The van der Waals surface area contributed by atoms with Gasteiger partial charge >= 0.3 is 0 Å². The number of piperidine rings is 1. The van der Waals surface area contributed by atoms with Gasteiger partial charge in [0.2, 0.25) is 11.8 Å². The molecule has 1 saturated heterocycles. The number of carbonyl (C=O) groups is 2. The van der Waals surface area contributed by atoms with E-state index in [4.69, 9.17) is 5.73 Å². The number of primary amides is 1. The molecule has 0 spiro atoms. The van der Waals surface area contributed by atoms with Gasteiger partial charge in [-0.05, 0) is 31.0 Å². The van der Waals surface area contributed by atoms with Gasteiger partial charge in [0.15, 0.2) is 10.3 Å². The van der Waals surface area contributed by atoms with Crippen molar-refractivity contribution in [3.63, 3.8) is 0 Å². The maximum atomic E-state index is 13.4. The molecule has 1 aliphatic rings. The third-order valence-electron chi connectivity index (χ3n) is 4.54. The standard InChI is InChI=1S/C18H18FN5O2S2/c19-11-3-4-13-14(6-11)28-18(22-13)24-5-1-2-10(8-24)16(26)23-17-21-12(9-27-17)7-15(20)25/h3-4,6,9-10H,1-2,5,7-8H2,(H2,20,25)(H,21,23,26). The number of nitrogens with one attached hydrogen (secondary N) is 1. The first-order valence-electron chi connectivity index (χ1n) is 8.82. The van der Waals surface area contributed by atoms with Crippen molar-refractivity contribution in [3.05, 3.63) is 35.1 Å². The van der Waals surface area contributed by atoms with Crippen LogP contribution in [0.2, 0.25) is 0 Å². The molecule has 0 bridgehead atoms. The molecule has 3 aromatic rings. The Morgan fingerprint density at radius 1 is 1.36 bits per heavy atom. The molecule has 146 valence electrons. The Morgan fingerprint density at radius 3 is 3.04 bits per heavy atom. The molecule has 2 aromatic heterocycles. The normalized spacial score (nSPS) is 17.0. The van der Waals surface area contributed by atoms with Crippen LogP contribution in [0.15, 0.2) is 23.6 Å². The number of fused-ring (bicyclic) bond motifs is 1. The van der Waals surface area contributed by atoms with E-state index in [2.05, 4.69) is 20.2 Å². The number of hydrogen-bond donors (Lipinski definition) is 2. The van der Waals surface area contributed by atoms with Gasteiger partial charge in [0.25, 0.3) is 0 Å². The highest BCUT2D eigenvalue weighted by Gasteiger charge is 2.28. The van der Waals surface area contributed by atoms with Gasteiger partial charge in [0, 0.05) is 18.5 Å². The van der Waals surface area contributed by atoms with Crippen LogP contribution >= 0.6 is 22.7 Å². The number of carbonyl (C=O) groups excluding carboxylic acids is 2. The Labute approximate surface area is 168 Å². The third-order valence-corrected chi connectivity index (χ3v) is 6.42. The molecule has 1 atom stereocenters. The molecule has 3 heterocycles. The summed E-state index contributed by atoms with van der Waals surface area (Å²) in [5.41, 5.74) is 6.48. The largest absolute Gasteiger partial charge is 0.369 e. The van der Waals surface area contributed by atoms with E-state index in [9.17, 15) is 14.0 Å². The fourth-order valence-electron chi connectivity index (χ4n) is 3.22. The number of anilines is 2. The van der Waals surface area contributed by atoms with Crippen LogP contribution in [-0.4, -0.2) is 34.9 Å². The van der Waals surface area contributed by atoms with Gasteiger partial charge in [-0.2, -0.15) is 0 Å². The molecular weight excluding hydrogens is 401 g/mol. The number of hydrogen-bond acceptors (Lipinski definition) is 7. The molecule has 4 rings (SSSR count). The fraction of sp³-hybridized carbons (Fsp3) is 0.333. The molecular formula is C18H18FN5O2S2. The van der Waals surface area contributed by atoms with E-state index in [1.807, 2.05) is 0 Å². The van der Waals surface area contributed by atoms with E-state index >= 15 is 0 Å².